The quantitative estimate of drug-likeness (QED) is 0.401. The van der Waals surface area contributed by atoms with E-state index in [0.717, 1.165) is 11.8 Å². The second-order valence-electron chi connectivity index (χ2n) is 6.20. The number of ketones is 2. The van der Waals surface area contributed by atoms with Crippen molar-refractivity contribution in [1.29, 1.82) is 0 Å². The number of anilines is 1. The van der Waals surface area contributed by atoms with Gasteiger partial charge in [0.2, 0.25) is 11.1 Å². The lowest BCUT2D eigenvalue weighted by Crippen LogP contribution is -2.22. The molecule has 0 radical (unpaired) electrons. The number of aryl methyl sites for hydroxylation is 1. The minimum absolute atomic E-state index is 0.0716. The van der Waals surface area contributed by atoms with E-state index in [1.165, 1.54) is 10.7 Å². The Bertz CT molecular complexity index is 1140. The van der Waals surface area contributed by atoms with Crippen LogP contribution in [-0.4, -0.2) is 38.1 Å². The molecule has 8 nitrogen and oxygen atoms in total. The van der Waals surface area contributed by atoms with Crippen LogP contribution in [-0.2, 0) is 4.79 Å². The zero-order valence-corrected chi connectivity index (χ0v) is 15.6. The molecule has 0 fully saturated rings. The predicted molar refractivity (Wildman–Crippen MR) is 104 cm³/mol. The molecule has 9 heteroatoms. The van der Waals surface area contributed by atoms with Gasteiger partial charge in [-0.2, -0.15) is 0 Å². The Hall–Kier alpha value is -3.46. The monoisotopic (exact) mass is 393 g/mol. The third-order valence-electron chi connectivity index (χ3n) is 4.38. The van der Waals surface area contributed by atoms with E-state index in [9.17, 15) is 14.4 Å². The lowest BCUT2D eigenvalue weighted by molar-refractivity contribution is -0.113. The van der Waals surface area contributed by atoms with Crippen LogP contribution < -0.4 is 11.2 Å². The summed E-state index contributed by atoms with van der Waals surface area (Å²) in [5.74, 6) is 5.65. The predicted octanol–water partition coefficient (Wildman–Crippen LogP) is 1.81. The summed E-state index contributed by atoms with van der Waals surface area (Å²) < 4.78 is 1.30. The van der Waals surface area contributed by atoms with Crippen molar-refractivity contribution < 1.29 is 14.4 Å². The molecule has 0 atom stereocenters. The number of amides is 1. The molecule has 1 amide bonds. The third kappa shape index (κ3) is 3.05. The number of hydrogen-bond donors (Lipinski definition) is 2. The van der Waals surface area contributed by atoms with Crippen LogP contribution in [0.4, 0.5) is 5.69 Å². The maximum absolute atomic E-state index is 12.7. The van der Waals surface area contributed by atoms with Gasteiger partial charge in [-0.1, -0.05) is 36.0 Å². The van der Waals surface area contributed by atoms with Crippen LogP contribution in [0.15, 0.2) is 47.6 Å². The summed E-state index contributed by atoms with van der Waals surface area (Å²) in [6, 6.07) is 11.4. The standard InChI is InChI=1S/C19H15N5O3S/c1-10-22-23-19(24(10)20)28-9-16(25)21-11-6-7-14-15(8-11)18(27)13-5-3-2-4-12(13)17(14)26/h2-8H,9,20H2,1H3,(H,21,25). The van der Waals surface area contributed by atoms with E-state index >= 15 is 0 Å². The molecule has 2 aromatic carbocycles. The summed E-state index contributed by atoms with van der Waals surface area (Å²) in [4.78, 5) is 37.6. The summed E-state index contributed by atoms with van der Waals surface area (Å²) in [5, 5.41) is 10.9. The Morgan fingerprint density at radius 2 is 1.68 bits per heavy atom. The summed E-state index contributed by atoms with van der Waals surface area (Å²) >= 11 is 1.15. The number of carbonyl (C=O) groups excluding carboxylic acids is 3. The fourth-order valence-corrected chi connectivity index (χ4v) is 3.65. The molecule has 1 aliphatic rings. The van der Waals surface area contributed by atoms with Crippen molar-refractivity contribution in [2.24, 2.45) is 0 Å². The van der Waals surface area contributed by atoms with E-state index in [0.29, 0.717) is 33.4 Å². The number of nitrogens with zero attached hydrogens (tertiary/aromatic N) is 3. The first-order valence-corrected chi connectivity index (χ1v) is 9.36. The van der Waals surface area contributed by atoms with E-state index in [-0.39, 0.29) is 28.8 Å². The maximum Gasteiger partial charge on any atom is 0.234 e. The summed E-state index contributed by atoms with van der Waals surface area (Å²) in [6.07, 6.45) is 0. The lowest BCUT2D eigenvalue weighted by Gasteiger charge is -2.18. The van der Waals surface area contributed by atoms with Gasteiger partial charge in [-0.25, -0.2) is 4.68 Å². The van der Waals surface area contributed by atoms with Gasteiger partial charge < -0.3 is 11.2 Å². The molecule has 0 unspecified atom stereocenters. The molecule has 28 heavy (non-hydrogen) atoms. The Balaban J connectivity index is 1.51. The smallest absolute Gasteiger partial charge is 0.234 e. The van der Waals surface area contributed by atoms with Crippen molar-refractivity contribution in [2.75, 3.05) is 16.9 Å². The van der Waals surface area contributed by atoms with E-state index in [4.69, 9.17) is 5.84 Å². The summed E-state index contributed by atoms with van der Waals surface area (Å²) in [7, 11) is 0. The van der Waals surface area contributed by atoms with E-state index in [1.807, 2.05) is 0 Å². The van der Waals surface area contributed by atoms with Crippen molar-refractivity contribution in [3.8, 4) is 0 Å². The second-order valence-corrected chi connectivity index (χ2v) is 7.14. The SMILES string of the molecule is Cc1nnc(SCC(=O)Nc2ccc3c(c2)C(=O)c2ccccc2C3=O)n1N. The molecular formula is C19H15N5O3S. The molecule has 0 saturated carbocycles. The highest BCUT2D eigenvalue weighted by Gasteiger charge is 2.29. The molecule has 4 rings (SSSR count). The first kappa shape index (κ1) is 17.9. The summed E-state index contributed by atoms with van der Waals surface area (Å²) in [6.45, 7) is 1.71. The molecule has 3 N–H and O–H groups in total. The van der Waals surface area contributed by atoms with Gasteiger partial charge >= 0.3 is 0 Å². The van der Waals surface area contributed by atoms with Crippen LogP contribution >= 0.6 is 11.8 Å². The minimum Gasteiger partial charge on any atom is -0.336 e. The van der Waals surface area contributed by atoms with Crippen molar-refractivity contribution in [3.63, 3.8) is 0 Å². The molecule has 0 saturated heterocycles. The highest BCUT2D eigenvalue weighted by Crippen LogP contribution is 2.29. The number of fused-ring (bicyclic) bond motifs is 2. The fourth-order valence-electron chi connectivity index (χ4n) is 2.95. The van der Waals surface area contributed by atoms with E-state index in [1.54, 1.807) is 43.3 Å². The van der Waals surface area contributed by atoms with E-state index in [2.05, 4.69) is 15.5 Å². The number of aromatic nitrogens is 3. The normalized spacial score (nSPS) is 12.5. The number of nitrogen functional groups attached to an aromatic ring is 1. The molecule has 140 valence electrons. The molecule has 3 aromatic rings. The van der Waals surface area contributed by atoms with Gasteiger partial charge in [0, 0.05) is 27.9 Å². The Labute approximate surface area is 164 Å². The number of thioether (sulfide) groups is 1. The first-order valence-electron chi connectivity index (χ1n) is 8.38. The van der Waals surface area contributed by atoms with Crippen LogP contribution in [0.5, 0.6) is 0 Å². The Morgan fingerprint density at radius 3 is 2.32 bits per heavy atom. The van der Waals surface area contributed by atoms with Crippen molar-refractivity contribution in [2.45, 2.75) is 12.1 Å². The van der Waals surface area contributed by atoms with Gasteiger partial charge in [0.15, 0.2) is 11.6 Å². The van der Waals surface area contributed by atoms with Crippen LogP contribution in [0.3, 0.4) is 0 Å². The van der Waals surface area contributed by atoms with Gasteiger partial charge in [-0.05, 0) is 25.1 Å². The van der Waals surface area contributed by atoms with Crippen LogP contribution in [0, 0.1) is 6.92 Å². The van der Waals surface area contributed by atoms with Gasteiger partial charge in [0.05, 0.1) is 5.75 Å². The Morgan fingerprint density at radius 1 is 1.04 bits per heavy atom. The highest BCUT2D eigenvalue weighted by molar-refractivity contribution is 7.99. The molecule has 0 spiro atoms. The van der Waals surface area contributed by atoms with Crippen LogP contribution in [0.1, 0.15) is 37.7 Å². The maximum atomic E-state index is 12.7. The van der Waals surface area contributed by atoms with Crippen molar-refractivity contribution in [3.05, 3.63) is 70.5 Å². The zero-order chi connectivity index (χ0) is 19.8. The average Bonchev–Trinajstić information content (AvgIpc) is 3.02. The molecule has 0 bridgehead atoms. The van der Waals surface area contributed by atoms with Gasteiger partial charge in [-0.15, -0.1) is 10.2 Å². The number of nitrogens with one attached hydrogen (secondary N) is 1. The molecular weight excluding hydrogens is 378 g/mol. The van der Waals surface area contributed by atoms with Crippen molar-refractivity contribution >= 4 is 34.9 Å². The fraction of sp³-hybridized carbons (Fsp3) is 0.105. The molecule has 0 aliphatic heterocycles. The topological polar surface area (TPSA) is 120 Å². The number of carbonyl (C=O) groups is 3. The summed E-state index contributed by atoms with van der Waals surface area (Å²) in [5.41, 5.74) is 1.83. The average molecular weight is 393 g/mol. The molecule has 1 aliphatic carbocycles. The van der Waals surface area contributed by atoms with Crippen molar-refractivity contribution in [1.82, 2.24) is 14.9 Å². The zero-order valence-electron chi connectivity index (χ0n) is 14.8. The van der Waals surface area contributed by atoms with Crippen LogP contribution in [0.2, 0.25) is 0 Å². The Kier molecular flexibility index (Phi) is 4.44. The van der Waals surface area contributed by atoms with E-state index < -0.39 is 0 Å². The minimum atomic E-state index is -0.291. The molecule has 1 aromatic heterocycles. The third-order valence-corrected chi connectivity index (χ3v) is 5.32. The highest BCUT2D eigenvalue weighted by atomic mass is 32.2. The second kappa shape index (κ2) is 6.93. The number of benzene rings is 2. The lowest BCUT2D eigenvalue weighted by atomic mass is 9.84. The van der Waals surface area contributed by atoms with Gasteiger partial charge in [0.1, 0.15) is 5.82 Å². The largest absolute Gasteiger partial charge is 0.336 e. The first-order chi connectivity index (χ1) is 13.5. The van der Waals surface area contributed by atoms with Crippen LogP contribution in [0.25, 0.3) is 0 Å². The number of nitrogens with two attached hydrogens (primary N) is 1. The molecule has 1 heterocycles. The van der Waals surface area contributed by atoms with Gasteiger partial charge in [0.25, 0.3) is 0 Å². The van der Waals surface area contributed by atoms with Gasteiger partial charge in [-0.3, -0.25) is 14.4 Å². The number of rotatable bonds is 4. The number of hydrogen-bond acceptors (Lipinski definition) is 7.